The first-order chi connectivity index (χ1) is 13.4. The molecule has 0 aromatic rings. The van der Waals surface area contributed by atoms with Gasteiger partial charge in [0.05, 0.1) is 18.7 Å². The molecule has 0 spiro atoms. The SMILES string of the molecule is CCOC(C)OC[C@@H]1C[C@H](C(C)=O)N(C(=O)OC(C)(C)C)[C@H]1C(C=O)NC(C)=O. The van der Waals surface area contributed by atoms with Gasteiger partial charge < -0.3 is 24.3 Å². The Hall–Kier alpha value is -2.00. The second-order valence-electron chi connectivity index (χ2n) is 8.22. The molecule has 2 amide bonds. The lowest BCUT2D eigenvalue weighted by Gasteiger charge is -2.35. The van der Waals surface area contributed by atoms with E-state index in [2.05, 4.69) is 5.32 Å². The van der Waals surface area contributed by atoms with Crippen LogP contribution in [0.2, 0.25) is 0 Å². The van der Waals surface area contributed by atoms with Gasteiger partial charge in [-0.3, -0.25) is 14.5 Å². The minimum Gasteiger partial charge on any atom is -0.444 e. The molecule has 0 saturated carbocycles. The third kappa shape index (κ3) is 7.40. The Morgan fingerprint density at radius 3 is 2.28 bits per heavy atom. The van der Waals surface area contributed by atoms with Crippen LogP contribution < -0.4 is 5.32 Å². The lowest BCUT2D eigenvalue weighted by atomic mass is 9.94. The van der Waals surface area contributed by atoms with Crippen molar-refractivity contribution in [2.45, 2.75) is 84.9 Å². The average Bonchev–Trinajstić information content (AvgIpc) is 2.96. The summed E-state index contributed by atoms with van der Waals surface area (Å²) in [4.78, 5) is 49.9. The molecule has 1 heterocycles. The number of nitrogens with zero attached hydrogens (tertiary/aromatic N) is 1. The molecule has 0 bridgehead atoms. The number of Topliss-reactive ketones (excluding diaryl/α,β-unsaturated/α-hetero) is 1. The van der Waals surface area contributed by atoms with Crippen LogP contribution in [-0.4, -0.2) is 72.2 Å². The molecule has 9 nitrogen and oxygen atoms in total. The zero-order valence-corrected chi connectivity index (χ0v) is 18.4. The summed E-state index contributed by atoms with van der Waals surface area (Å²) in [7, 11) is 0. The van der Waals surface area contributed by atoms with Gasteiger partial charge in [0.2, 0.25) is 5.91 Å². The van der Waals surface area contributed by atoms with Gasteiger partial charge in [0.15, 0.2) is 12.1 Å². The van der Waals surface area contributed by atoms with E-state index in [4.69, 9.17) is 14.2 Å². The molecule has 0 aromatic heterocycles. The fourth-order valence-corrected chi connectivity index (χ4v) is 3.51. The zero-order chi connectivity index (χ0) is 22.4. The normalized spacial score (nSPS) is 24.0. The van der Waals surface area contributed by atoms with Crippen molar-refractivity contribution in [3.63, 3.8) is 0 Å². The van der Waals surface area contributed by atoms with Crippen molar-refractivity contribution in [1.29, 1.82) is 0 Å². The van der Waals surface area contributed by atoms with Crippen LogP contribution in [0.3, 0.4) is 0 Å². The number of ketones is 1. The topological polar surface area (TPSA) is 111 Å². The monoisotopic (exact) mass is 414 g/mol. The van der Waals surface area contributed by atoms with Gasteiger partial charge in [-0.05, 0) is 48.0 Å². The van der Waals surface area contributed by atoms with Gasteiger partial charge in [0.25, 0.3) is 0 Å². The molecule has 0 aliphatic carbocycles. The lowest BCUT2D eigenvalue weighted by Crippen LogP contribution is -2.57. The van der Waals surface area contributed by atoms with Crippen LogP contribution in [0, 0.1) is 5.92 Å². The Bertz CT molecular complexity index is 602. The van der Waals surface area contributed by atoms with Crippen LogP contribution >= 0.6 is 0 Å². The van der Waals surface area contributed by atoms with E-state index in [0.717, 1.165) is 0 Å². The van der Waals surface area contributed by atoms with Crippen molar-refractivity contribution < 1.29 is 33.4 Å². The highest BCUT2D eigenvalue weighted by Crippen LogP contribution is 2.34. The number of ether oxygens (including phenoxy) is 3. The summed E-state index contributed by atoms with van der Waals surface area (Å²) in [6.07, 6.45) is -0.324. The van der Waals surface area contributed by atoms with E-state index in [1.807, 2.05) is 6.92 Å². The molecule has 0 aromatic carbocycles. The Morgan fingerprint density at radius 2 is 1.83 bits per heavy atom. The first-order valence-corrected chi connectivity index (χ1v) is 9.88. The van der Waals surface area contributed by atoms with Gasteiger partial charge in [-0.1, -0.05) is 0 Å². The van der Waals surface area contributed by atoms with Gasteiger partial charge in [-0.2, -0.15) is 0 Å². The number of hydrogen-bond donors (Lipinski definition) is 1. The molecule has 1 fully saturated rings. The maximum absolute atomic E-state index is 12.9. The number of likely N-dealkylation sites (tertiary alicyclic amines) is 1. The fraction of sp³-hybridized carbons (Fsp3) is 0.800. The fourth-order valence-electron chi connectivity index (χ4n) is 3.51. The van der Waals surface area contributed by atoms with E-state index in [-0.39, 0.29) is 18.3 Å². The number of amides is 2. The number of hydrogen-bond acceptors (Lipinski definition) is 7. The zero-order valence-electron chi connectivity index (χ0n) is 18.4. The van der Waals surface area contributed by atoms with Crippen molar-refractivity contribution in [1.82, 2.24) is 10.2 Å². The van der Waals surface area contributed by atoms with Crippen LogP contribution in [0.4, 0.5) is 4.79 Å². The van der Waals surface area contributed by atoms with E-state index in [0.29, 0.717) is 19.3 Å². The molecule has 1 saturated heterocycles. The third-order valence-electron chi connectivity index (χ3n) is 4.57. The molecular weight excluding hydrogens is 380 g/mol. The van der Waals surface area contributed by atoms with Gasteiger partial charge >= 0.3 is 6.09 Å². The summed E-state index contributed by atoms with van der Waals surface area (Å²) in [5, 5.41) is 2.57. The molecule has 5 atom stereocenters. The van der Waals surface area contributed by atoms with Crippen molar-refractivity contribution in [3.05, 3.63) is 0 Å². The predicted octanol–water partition coefficient (Wildman–Crippen LogP) is 1.67. The first-order valence-electron chi connectivity index (χ1n) is 9.88. The number of nitrogens with one attached hydrogen (secondary N) is 1. The van der Waals surface area contributed by atoms with Gasteiger partial charge in [-0.15, -0.1) is 0 Å². The highest BCUT2D eigenvalue weighted by atomic mass is 16.7. The second-order valence-corrected chi connectivity index (χ2v) is 8.22. The van der Waals surface area contributed by atoms with Crippen molar-refractivity contribution in [3.8, 4) is 0 Å². The maximum Gasteiger partial charge on any atom is 0.411 e. The highest BCUT2D eigenvalue weighted by molar-refractivity contribution is 5.87. The standard InChI is InChI=1S/C20H34N2O7/c1-8-27-14(4)28-11-15-9-17(12(2)24)22(19(26)29-20(5,6)7)18(15)16(10-23)21-13(3)25/h10,14-18H,8-9,11H2,1-7H3,(H,21,25)/t14?,15-,16?,17+,18+/m0/s1. The van der Waals surface area contributed by atoms with Crippen molar-refractivity contribution >= 4 is 24.1 Å². The quantitative estimate of drug-likeness (QED) is 0.451. The number of carbonyl (C=O) groups excluding carboxylic acids is 4. The Labute approximate surface area is 172 Å². The summed E-state index contributed by atoms with van der Waals surface area (Å²) in [6.45, 7) is 12.0. The summed E-state index contributed by atoms with van der Waals surface area (Å²) in [5.74, 6) is -1.02. The number of carbonyl (C=O) groups is 4. The van der Waals surface area contributed by atoms with Gasteiger partial charge in [0.1, 0.15) is 17.9 Å². The summed E-state index contributed by atoms with van der Waals surface area (Å²) < 4.78 is 16.6. The minimum atomic E-state index is -1.000. The van der Waals surface area contributed by atoms with Crippen LogP contribution in [-0.2, 0) is 28.6 Å². The molecule has 1 aliphatic rings. The molecule has 2 unspecified atom stereocenters. The molecule has 1 aliphatic heterocycles. The molecule has 166 valence electrons. The lowest BCUT2D eigenvalue weighted by molar-refractivity contribution is -0.138. The number of aldehydes is 1. The second kappa shape index (κ2) is 10.7. The summed E-state index contributed by atoms with van der Waals surface area (Å²) in [5.41, 5.74) is -0.786. The van der Waals surface area contributed by atoms with E-state index < -0.39 is 42.0 Å². The van der Waals surface area contributed by atoms with Gasteiger partial charge in [-0.25, -0.2) is 4.79 Å². The molecule has 0 radical (unpaired) electrons. The van der Waals surface area contributed by atoms with Crippen LogP contribution in [0.1, 0.15) is 54.9 Å². The van der Waals surface area contributed by atoms with E-state index in [9.17, 15) is 19.2 Å². The molecular formula is C20H34N2O7. The molecule has 9 heteroatoms. The first kappa shape index (κ1) is 25.0. The largest absolute Gasteiger partial charge is 0.444 e. The predicted molar refractivity (Wildman–Crippen MR) is 105 cm³/mol. The van der Waals surface area contributed by atoms with Crippen LogP contribution in [0.25, 0.3) is 0 Å². The highest BCUT2D eigenvalue weighted by Gasteiger charge is 2.50. The minimum absolute atomic E-state index is 0.152. The Balaban J connectivity index is 3.25. The molecule has 29 heavy (non-hydrogen) atoms. The molecule has 1 N–H and O–H groups in total. The third-order valence-corrected chi connectivity index (χ3v) is 4.57. The van der Waals surface area contributed by atoms with E-state index >= 15 is 0 Å². The molecule has 1 rings (SSSR count). The van der Waals surface area contributed by atoms with Crippen molar-refractivity contribution in [2.24, 2.45) is 5.92 Å². The Kier molecular flexibility index (Phi) is 9.22. The van der Waals surface area contributed by atoms with E-state index in [1.165, 1.54) is 18.7 Å². The summed E-state index contributed by atoms with van der Waals surface area (Å²) in [6, 6.07) is -2.56. The van der Waals surface area contributed by atoms with Crippen molar-refractivity contribution in [2.75, 3.05) is 13.2 Å². The van der Waals surface area contributed by atoms with E-state index in [1.54, 1.807) is 27.7 Å². The number of rotatable bonds is 9. The smallest absolute Gasteiger partial charge is 0.411 e. The Morgan fingerprint density at radius 1 is 1.21 bits per heavy atom. The van der Waals surface area contributed by atoms with Gasteiger partial charge in [0, 0.05) is 19.4 Å². The van der Waals surface area contributed by atoms with Crippen LogP contribution in [0.15, 0.2) is 0 Å². The average molecular weight is 414 g/mol. The summed E-state index contributed by atoms with van der Waals surface area (Å²) >= 11 is 0. The van der Waals surface area contributed by atoms with Crippen LogP contribution in [0.5, 0.6) is 0 Å². The maximum atomic E-state index is 12.9.